The standard InChI is InChI=1S/C17H24N2O4/c1-3-9-19(11-16(20)21)12(2)17(22)18-14-8-10-23-15-7-5-4-6-13(14)15/h4-7,12,14H,3,8-11H2,1-2H3,(H,18,22)(H,20,21). The average molecular weight is 320 g/mol. The van der Waals surface area contributed by atoms with E-state index in [-0.39, 0.29) is 18.5 Å². The van der Waals surface area contributed by atoms with Crippen molar-refractivity contribution in [3.05, 3.63) is 29.8 Å². The molecule has 2 unspecified atom stereocenters. The number of carbonyl (C=O) groups is 2. The summed E-state index contributed by atoms with van der Waals surface area (Å²) in [5.74, 6) is -0.274. The van der Waals surface area contributed by atoms with Crippen LogP contribution in [-0.2, 0) is 9.59 Å². The van der Waals surface area contributed by atoms with Crippen LogP contribution in [0.2, 0.25) is 0 Å². The van der Waals surface area contributed by atoms with Crippen LogP contribution in [0.25, 0.3) is 0 Å². The Morgan fingerprint density at radius 1 is 1.43 bits per heavy atom. The lowest BCUT2D eigenvalue weighted by molar-refractivity contribution is -0.140. The number of rotatable bonds is 7. The minimum atomic E-state index is -0.922. The Morgan fingerprint density at radius 2 is 2.17 bits per heavy atom. The van der Waals surface area contributed by atoms with Crippen molar-refractivity contribution in [3.8, 4) is 5.75 Å². The van der Waals surface area contributed by atoms with E-state index in [0.29, 0.717) is 19.6 Å². The highest BCUT2D eigenvalue weighted by Gasteiger charge is 2.27. The summed E-state index contributed by atoms with van der Waals surface area (Å²) in [6.45, 7) is 4.72. The highest BCUT2D eigenvalue weighted by molar-refractivity contribution is 5.82. The van der Waals surface area contributed by atoms with Gasteiger partial charge >= 0.3 is 5.97 Å². The molecule has 0 bridgehead atoms. The Hall–Kier alpha value is -2.08. The third-order valence-electron chi connectivity index (χ3n) is 4.05. The van der Waals surface area contributed by atoms with Gasteiger partial charge in [0.15, 0.2) is 0 Å². The highest BCUT2D eigenvalue weighted by atomic mass is 16.5. The van der Waals surface area contributed by atoms with Crippen molar-refractivity contribution >= 4 is 11.9 Å². The predicted octanol–water partition coefficient (Wildman–Crippen LogP) is 1.81. The molecule has 1 aromatic rings. The molecule has 6 nitrogen and oxygen atoms in total. The van der Waals surface area contributed by atoms with Crippen LogP contribution < -0.4 is 10.1 Å². The van der Waals surface area contributed by atoms with Crippen LogP contribution in [0.15, 0.2) is 24.3 Å². The first-order chi connectivity index (χ1) is 11.0. The van der Waals surface area contributed by atoms with Crippen molar-refractivity contribution in [2.45, 2.75) is 38.8 Å². The van der Waals surface area contributed by atoms with Gasteiger partial charge in [-0.05, 0) is 26.0 Å². The highest BCUT2D eigenvalue weighted by Crippen LogP contribution is 2.31. The number of amides is 1. The van der Waals surface area contributed by atoms with E-state index in [1.54, 1.807) is 11.8 Å². The molecule has 2 atom stereocenters. The number of ether oxygens (including phenoxy) is 1. The molecule has 2 rings (SSSR count). The number of carbonyl (C=O) groups excluding carboxylic acids is 1. The predicted molar refractivity (Wildman–Crippen MR) is 86.4 cm³/mol. The van der Waals surface area contributed by atoms with Gasteiger partial charge in [-0.25, -0.2) is 0 Å². The maximum absolute atomic E-state index is 12.5. The van der Waals surface area contributed by atoms with E-state index in [9.17, 15) is 9.59 Å². The van der Waals surface area contributed by atoms with E-state index in [0.717, 1.165) is 17.7 Å². The summed E-state index contributed by atoms with van der Waals surface area (Å²) in [6.07, 6.45) is 1.51. The van der Waals surface area contributed by atoms with Gasteiger partial charge in [-0.15, -0.1) is 0 Å². The molecule has 1 aliphatic rings. The van der Waals surface area contributed by atoms with E-state index < -0.39 is 12.0 Å². The van der Waals surface area contributed by atoms with Gasteiger partial charge in [0, 0.05) is 12.0 Å². The maximum atomic E-state index is 12.5. The number of para-hydroxylation sites is 1. The number of nitrogens with one attached hydrogen (secondary N) is 1. The summed E-state index contributed by atoms with van der Waals surface area (Å²) in [4.78, 5) is 25.2. The Kier molecular flexibility index (Phi) is 5.98. The van der Waals surface area contributed by atoms with Gasteiger partial charge in [0.1, 0.15) is 5.75 Å². The van der Waals surface area contributed by atoms with Crippen molar-refractivity contribution in [2.24, 2.45) is 0 Å². The first kappa shape index (κ1) is 17.3. The number of hydrogen-bond acceptors (Lipinski definition) is 4. The van der Waals surface area contributed by atoms with Crippen LogP contribution >= 0.6 is 0 Å². The van der Waals surface area contributed by atoms with Gasteiger partial charge in [0.05, 0.1) is 25.2 Å². The Labute approximate surface area is 136 Å². The number of aliphatic carboxylic acids is 1. The molecule has 126 valence electrons. The normalized spacial score (nSPS) is 18.0. The fraction of sp³-hybridized carbons (Fsp3) is 0.529. The lowest BCUT2D eigenvalue weighted by Crippen LogP contribution is -2.48. The molecule has 23 heavy (non-hydrogen) atoms. The molecular weight excluding hydrogens is 296 g/mol. The van der Waals surface area contributed by atoms with Crippen LogP contribution in [0, 0.1) is 0 Å². The molecule has 0 spiro atoms. The number of hydrogen-bond donors (Lipinski definition) is 2. The summed E-state index contributed by atoms with van der Waals surface area (Å²) in [5, 5.41) is 12.0. The van der Waals surface area contributed by atoms with Crippen molar-refractivity contribution in [1.29, 1.82) is 0 Å². The minimum Gasteiger partial charge on any atom is -0.493 e. The van der Waals surface area contributed by atoms with Crippen molar-refractivity contribution in [3.63, 3.8) is 0 Å². The topological polar surface area (TPSA) is 78.9 Å². The summed E-state index contributed by atoms with van der Waals surface area (Å²) >= 11 is 0. The number of nitrogens with zero attached hydrogens (tertiary/aromatic N) is 1. The van der Waals surface area contributed by atoms with Crippen LogP contribution in [0.5, 0.6) is 5.75 Å². The van der Waals surface area contributed by atoms with Crippen LogP contribution in [0.4, 0.5) is 0 Å². The Morgan fingerprint density at radius 3 is 2.87 bits per heavy atom. The second-order valence-corrected chi connectivity index (χ2v) is 5.78. The van der Waals surface area contributed by atoms with Gasteiger partial charge in [0.2, 0.25) is 5.91 Å². The fourth-order valence-electron chi connectivity index (χ4n) is 2.82. The molecule has 1 aromatic carbocycles. The number of benzene rings is 1. The zero-order valence-electron chi connectivity index (χ0n) is 13.6. The van der Waals surface area contributed by atoms with Crippen molar-refractivity contribution in [2.75, 3.05) is 19.7 Å². The van der Waals surface area contributed by atoms with E-state index in [4.69, 9.17) is 9.84 Å². The van der Waals surface area contributed by atoms with Crippen LogP contribution in [0.3, 0.4) is 0 Å². The molecule has 2 N–H and O–H groups in total. The largest absolute Gasteiger partial charge is 0.493 e. The summed E-state index contributed by atoms with van der Waals surface area (Å²) in [5.41, 5.74) is 0.972. The second kappa shape index (κ2) is 7.97. The Balaban J connectivity index is 2.04. The van der Waals surface area contributed by atoms with Gasteiger partial charge in [-0.1, -0.05) is 25.1 Å². The molecular formula is C17H24N2O4. The number of carboxylic acid groups (broad SMARTS) is 1. The third-order valence-corrected chi connectivity index (χ3v) is 4.05. The van der Waals surface area contributed by atoms with Crippen LogP contribution in [-0.4, -0.2) is 47.6 Å². The number of carboxylic acids is 1. The smallest absolute Gasteiger partial charge is 0.317 e. The average Bonchev–Trinajstić information content (AvgIpc) is 2.53. The van der Waals surface area contributed by atoms with Crippen LogP contribution in [0.1, 0.15) is 38.3 Å². The molecule has 0 aliphatic carbocycles. The second-order valence-electron chi connectivity index (χ2n) is 5.78. The van der Waals surface area contributed by atoms with E-state index in [2.05, 4.69) is 5.32 Å². The van der Waals surface area contributed by atoms with Gasteiger partial charge < -0.3 is 15.2 Å². The first-order valence-electron chi connectivity index (χ1n) is 8.00. The molecule has 0 aromatic heterocycles. The van der Waals surface area contributed by atoms with Gasteiger partial charge in [-0.2, -0.15) is 0 Å². The van der Waals surface area contributed by atoms with Crippen molar-refractivity contribution in [1.82, 2.24) is 10.2 Å². The van der Waals surface area contributed by atoms with Gasteiger partial charge in [0.25, 0.3) is 0 Å². The summed E-state index contributed by atoms with van der Waals surface area (Å²) < 4.78 is 5.59. The lowest BCUT2D eigenvalue weighted by atomic mass is 10.00. The lowest BCUT2D eigenvalue weighted by Gasteiger charge is -2.30. The Bertz CT molecular complexity index is 561. The summed E-state index contributed by atoms with van der Waals surface area (Å²) in [6, 6.07) is 7.09. The monoisotopic (exact) mass is 320 g/mol. The minimum absolute atomic E-state index is 0.0943. The van der Waals surface area contributed by atoms with E-state index in [1.807, 2.05) is 31.2 Å². The molecule has 0 fully saturated rings. The quantitative estimate of drug-likeness (QED) is 0.801. The molecule has 0 radical (unpaired) electrons. The molecule has 0 saturated heterocycles. The maximum Gasteiger partial charge on any atom is 0.317 e. The molecule has 6 heteroatoms. The number of fused-ring (bicyclic) bond motifs is 1. The van der Waals surface area contributed by atoms with E-state index in [1.165, 1.54) is 0 Å². The third kappa shape index (κ3) is 4.45. The molecule has 1 amide bonds. The first-order valence-corrected chi connectivity index (χ1v) is 8.00. The zero-order chi connectivity index (χ0) is 16.8. The SMILES string of the molecule is CCCN(CC(=O)O)C(C)C(=O)NC1CCOc2ccccc21. The fourth-order valence-corrected chi connectivity index (χ4v) is 2.82. The van der Waals surface area contributed by atoms with E-state index >= 15 is 0 Å². The molecule has 0 saturated carbocycles. The summed E-state index contributed by atoms with van der Waals surface area (Å²) in [7, 11) is 0. The molecule has 1 heterocycles. The van der Waals surface area contributed by atoms with Crippen molar-refractivity contribution < 1.29 is 19.4 Å². The van der Waals surface area contributed by atoms with Gasteiger partial charge in [-0.3, -0.25) is 14.5 Å². The zero-order valence-corrected chi connectivity index (χ0v) is 13.6. The molecule has 1 aliphatic heterocycles.